The van der Waals surface area contributed by atoms with Crippen molar-refractivity contribution in [1.29, 1.82) is 0 Å². The third-order valence-corrected chi connectivity index (χ3v) is 27.4. The Bertz CT molecular complexity index is 3710. The molecular formula is C100H146N4O8S2. The first-order chi connectivity index (χ1) is 56.0. The minimum atomic E-state index is -0.134. The molecule has 0 aliphatic carbocycles. The molecule has 0 saturated carbocycles. The van der Waals surface area contributed by atoms with Gasteiger partial charge in [0, 0.05) is 35.9 Å². The van der Waals surface area contributed by atoms with Crippen LogP contribution < -0.4 is 0 Å². The van der Waals surface area contributed by atoms with Gasteiger partial charge in [0.2, 0.25) is 0 Å². The molecule has 10 heterocycles. The molecule has 4 aliphatic rings. The molecule has 0 fully saturated rings. The highest BCUT2D eigenvalue weighted by atomic mass is 32.1. The molecule has 0 aromatic carbocycles. The predicted molar refractivity (Wildman–Crippen MR) is 476 cm³/mol. The lowest BCUT2D eigenvalue weighted by atomic mass is 9.93. The van der Waals surface area contributed by atoms with Crippen LogP contribution in [0.2, 0.25) is 0 Å². The number of carbonyl (C=O) groups excluding carboxylic acids is 4. The molecule has 626 valence electrons. The number of fused-ring (bicyclic) bond motifs is 2. The molecule has 14 heteroatoms. The Morgan fingerprint density at radius 2 is 0.456 bits per heavy atom. The Morgan fingerprint density at radius 1 is 0.246 bits per heavy atom. The third-order valence-electron chi connectivity index (χ3n) is 25.0. The smallest absolute Gasteiger partial charge is 0.261 e. The van der Waals surface area contributed by atoms with Crippen molar-refractivity contribution in [3.05, 3.63) is 131 Å². The lowest BCUT2D eigenvalue weighted by molar-refractivity contribution is -0.124. The van der Waals surface area contributed by atoms with E-state index < -0.39 is 0 Å². The Labute approximate surface area is 696 Å². The molecule has 4 aliphatic heterocycles. The zero-order valence-electron chi connectivity index (χ0n) is 72.0. The van der Waals surface area contributed by atoms with E-state index in [0.29, 0.717) is 106 Å². The Kier molecular flexibility index (Phi) is 38.5. The normalized spacial score (nSPS) is 15.7. The van der Waals surface area contributed by atoms with E-state index in [0.717, 1.165) is 135 Å². The van der Waals surface area contributed by atoms with Gasteiger partial charge < -0.3 is 37.3 Å². The molecule has 0 spiro atoms. The highest BCUT2D eigenvalue weighted by Crippen LogP contribution is 2.52. The summed E-state index contributed by atoms with van der Waals surface area (Å²) >= 11 is 3.31. The standard InChI is InChI=1S/C100H146N4O8S2/c1-9-17-25-33-37-45-55-75(51-41-29-21-13-5)71-101-93(81-59-49-69-109-81)89-91(99(101)107)95(103(97(89)105)73-77(53-43-31-23-15-7)57-47-39-35-27-19-11-3)83-63-61-79(111-83)85-65-67-87(113-85)88-68-66-86(114-88)80-62-64-84(112-80)96-92-90(98(106)104(96)74-78(54-44-32-24-16-8)58-48-40-36-28-20-12-4)94(82-60-50-70-110-82)102(100(92)108)72-76(52-42-30-22-14-6)56-46-38-34-26-18-10-2/h49-50,59-70,75-78H,9-48,51-58,71-74H2,1-8H3. The summed E-state index contributed by atoms with van der Waals surface area (Å²) in [5, 5.41) is 0. The van der Waals surface area contributed by atoms with Crippen LogP contribution in [0.15, 0.2) is 125 Å². The summed E-state index contributed by atoms with van der Waals surface area (Å²) in [4.78, 5) is 75.4. The minimum Gasteiger partial charge on any atom is -0.463 e. The number of amides is 4. The number of carbonyl (C=O) groups is 4. The summed E-state index contributed by atoms with van der Waals surface area (Å²) in [6.07, 6.45) is 59.4. The fourth-order valence-corrected chi connectivity index (χ4v) is 20.4. The van der Waals surface area contributed by atoms with Crippen LogP contribution in [-0.4, -0.2) is 69.4 Å². The first kappa shape index (κ1) is 89.7. The fraction of sp³-hybridized carbons (Fsp3) is 0.640. The van der Waals surface area contributed by atoms with Crippen LogP contribution in [0, 0.1) is 23.7 Å². The first-order valence-electron chi connectivity index (χ1n) is 46.7. The third kappa shape index (κ3) is 24.7. The Hall–Kier alpha value is -6.64. The van der Waals surface area contributed by atoms with Gasteiger partial charge in [-0.15, -0.1) is 22.7 Å². The average molecular weight is 1600 g/mol. The van der Waals surface area contributed by atoms with E-state index in [1.807, 2.05) is 68.1 Å². The highest BCUT2D eigenvalue weighted by molar-refractivity contribution is 7.25. The van der Waals surface area contributed by atoms with Gasteiger partial charge in [0.25, 0.3) is 23.6 Å². The second kappa shape index (κ2) is 48.9. The topological polar surface area (TPSA) is 134 Å². The van der Waals surface area contributed by atoms with E-state index >= 15 is 19.2 Å². The maximum absolute atomic E-state index is 15.9. The van der Waals surface area contributed by atoms with Crippen LogP contribution in [0.4, 0.5) is 0 Å². The van der Waals surface area contributed by atoms with Gasteiger partial charge >= 0.3 is 0 Å². The molecule has 0 saturated heterocycles. The van der Waals surface area contributed by atoms with Gasteiger partial charge in [0.15, 0.2) is 23.0 Å². The molecule has 10 rings (SSSR count). The second-order valence-corrected chi connectivity index (χ2v) is 36.4. The minimum absolute atomic E-state index is 0.134. The van der Waals surface area contributed by atoms with Gasteiger partial charge in [-0.2, -0.15) is 0 Å². The number of hydrogen-bond donors (Lipinski definition) is 0. The highest BCUT2D eigenvalue weighted by Gasteiger charge is 2.53. The Morgan fingerprint density at radius 3 is 0.693 bits per heavy atom. The van der Waals surface area contributed by atoms with Gasteiger partial charge in [-0.05, 0) is 148 Å². The van der Waals surface area contributed by atoms with Crippen molar-refractivity contribution >= 4 is 69.1 Å². The van der Waals surface area contributed by atoms with Crippen LogP contribution >= 0.6 is 22.7 Å². The lowest BCUT2D eigenvalue weighted by Crippen LogP contribution is -2.34. The monoisotopic (exact) mass is 1600 g/mol. The van der Waals surface area contributed by atoms with Crippen molar-refractivity contribution in [2.75, 3.05) is 26.2 Å². The van der Waals surface area contributed by atoms with Crippen molar-refractivity contribution in [3.63, 3.8) is 0 Å². The van der Waals surface area contributed by atoms with E-state index in [9.17, 15) is 0 Å². The fourth-order valence-electron chi connectivity index (χ4n) is 18.4. The van der Waals surface area contributed by atoms with Crippen LogP contribution in [-0.2, 0) is 19.2 Å². The Balaban J connectivity index is 0.977. The summed E-state index contributed by atoms with van der Waals surface area (Å²) in [5.41, 5.74) is 4.17. The lowest BCUT2D eigenvalue weighted by Gasteiger charge is -2.29. The SMILES string of the molecule is CCCCCCCCC(CCCCCC)CN1C(=O)C2=C(c3ccc(-c4ccc(-c5ccc(-c6ccc(C7=C8C(=O)N(CC(CCCCCC)CCCCCCCC)C(c9ccco9)=C8C(=O)N7CC(CCCCCC)CCCCCCCC)o6)s5)s4)o3)N(CC(CCCCCC)CCCCCCCC)C(=O)C2=C1c1ccco1. The summed E-state index contributed by atoms with van der Waals surface area (Å²) in [5.74, 6) is 4.08. The molecule has 6 aromatic heterocycles. The van der Waals surface area contributed by atoms with E-state index in [4.69, 9.17) is 17.7 Å². The molecule has 0 radical (unpaired) electrons. The van der Waals surface area contributed by atoms with E-state index in [1.165, 1.54) is 193 Å². The van der Waals surface area contributed by atoms with Crippen molar-refractivity contribution in [2.45, 2.75) is 364 Å². The molecular weight excluding hydrogens is 1450 g/mol. The zero-order valence-corrected chi connectivity index (χ0v) is 73.7. The van der Waals surface area contributed by atoms with Crippen LogP contribution in [0.5, 0.6) is 0 Å². The first-order valence-corrected chi connectivity index (χ1v) is 48.4. The molecule has 6 aromatic rings. The van der Waals surface area contributed by atoms with E-state index in [1.54, 1.807) is 35.2 Å². The summed E-state index contributed by atoms with van der Waals surface area (Å²) in [7, 11) is 0. The summed E-state index contributed by atoms with van der Waals surface area (Å²) in [6, 6.07) is 24.2. The van der Waals surface area contributed by atoms with Crippen molar-refractivity contribution in [2.24, 2.45) is 23.7 Å². The van der Waals surface area contributed by atoms with E-state index in [-0.39, 0.29) is 47.3 Å². The number of rotatable bonds is 63. The molecule has 114 heavy (non-hydrogen) atoms. The van der Waals surface area contributed by atoms with Gasteiger partial charge in [0.05, 0.1) is 44.6 Å². The predicted octanol–water partition coefficient (Wildman–Crippen LogP) is 30.1. The average Bonchev–Trinajstić information content (AvgIpc) is 1.56. The molecule has 0 bridgehead atoms. The summed E-state index contributed by atoms with van der Waals surface area (Å²) in [6.45, 7) is 20.3. The van der Waals surface area contributed by atoms with Crippen molar-refractivity contribution in [3.8, 4) is 31.0 Å². The van der Waals surface area contributed by atoms with Gasteiger partial charge in [-0.3, -0.25) is 19.2 Å². The summed E-state index contributed by atoms with van der Waals surface area (Å²) < 4.78 is 26.8. The molecule has 4 unspecified atom stereocenters. The number of thiophene rings is 2. The largest absolute Gasteiger partial charge is 0.463 e. The van der Waals surface area contributed by atoms with Crippen LogP contribution in [0.1, 0.15) is 387 Å². The van der Waals surface area contributed by atoms with Crippen molar-refractivity contribution in [1.82, 2.24) is 19.6 Å². The van der Waals surface area contributed by atoms with Crippen molar-refractivity contribution < 1.29 is 36.8 Å². The number of nitrogens with zero attached hydrogens (tertiary/aromatic N) is 4. The van der Waals surface area contributed by atoms with Gasteiger partial charge in [0.1, 0.15) is 34.3 Å². The van der Waals surface area contributed by atoms with E-state index in [2.05, 4.69) is 79.7 Å². The quantitative estimate of drug-likeness (QED) is 0.0345. The maximum Gasteiger partial charge on any atom is 0.261 e. The maximum atomic E-state index is 15.9. The molecule has 4 atom stereocenters. The molecule has 12 nitrogen and oxygen atoms in total. The molecule has 4 amide bonds. The van der Waals surface area contributed by atoms with Gasteiger partial charge in [-0.1, -0.05) is 312 Å². The van der Waals surface area contributed by atoms with Gasteiger partial charge in [-0.25, -0.2) is 0 Å². The second-order valence-electron chi connectivity index (χ2n) is 34.3. The number of unbranched alkanes of at least 4 members (excludes halogenated alkanes) is 32. The van der Waals surface area contributed by atoms with Crippen LogP contribution in [0.25, 0.3) is 53.8 Å². The molecule has 0 N–H and O–H groups in total. The number of furan rings is 4. The number of hydrogen-bond acceptors (Lipinski definition) is 10. The van der Waals surface area contributed by atoms with Crippen LogP contribution in [0.3, 0.4) is 0 Å². The zero-order chi connectivity index (χ0) is 80.2.